The summed E-state index contributed by atoms with van der Waals surface area (Å²) in [7, 11) is 0. The number of benzene rings is 2. The van der Waals surface area contributed by atoms with Gasteiger partial charge in [-0.1, -0.05) is 35.9 Å². The van der Waals surface area contributed by atoms with Crippen molar-refractivity contribution in [1.82, 2.24) is 15.1 Å². The van der Waals surface area contributed by atoms with Gasteiger partial charge in [-0.25, -0.2) is 4.68 Å². The lowest BCUT2D eigenvalue weighted by Gasteiger charge is -2.18. The van der Waals surface area contributed by atoms with Crippen molar-refractivity contribution in [2.24, 2.45) is 0 Å². The van der Waals surface area contributed by atoms with E-state index in [0.29, 0.717) is 5.69 Å². The number of ether oxygens (including phenoxy) is 1. The number of carboxylic acids is 1. The number of nitrogens with one attached hydrogen (secondary N) is 2. The number of hydrogen-bond donors (Lipinski definition) is 3. The fraction of sp³-hybridized carbons (Fsp3) is 0.150. The second-order valence-electron chi connectivity index (χ2n) is 6.54. The second-order valence-corrected chi connectivity index (χ2v) is 6.94. The Bertz CT molecular complexity index is 1190. The van der Waals surface area contributed by atoms with Crippen LogP contribution in [0.15, 0.2) is 59.4 Å². The molecule has 2 aromatic carbocycles. The number of halogens is 4. The average Bonchev–Trinajstić information content (AvgIpc) is 3.08. The third-order valence-electron chi connectivity index (χ3n) is 4.26. The molecule has 0 spiro atoms. The van der Waals surface area contributed by atoms with Crippen molar-refractivity contribution in [2.45, 2.75) is 18.8 Å². The number of H-pyrrole nitrogens is 1. The number of aromatic amines is 1. The molecule has 168 valence electrons. The van der Waals surface area contributed by atoms with Crippen molar-refractivity contribution >= 4 is 23.5 Å². The topological polar surface area (TPSA) is 113 Å². The SMILES string of the molecule is O=C(O)CC(NC(=O)c1cc(=O)n(-c2ccccc2Cl)[nH]1)c1ccc(OC(F)(F)F)cc1. The van der Waals surface area contributed by atoms with Gasteiger partial charge in [-0.3, -0.25) is 19.5 Å². The molecular formula is C20H15ClF3N3O5. The molecule has 3 N–H and O–H groups in total. The summed E-state index contributed by atoms with van der Waals surface area (Å²) in [5, 5.41) is 14.5. The van der Waals surface area contributed by atoms with E-state index in [9.17, 15) is 27.6 Å². The predicted octanol–water partition coefficient (Wildman–Crippen LogP) is 3.66. The molecule has 0 saturated heterocycles. The summed E-state index contributed by atoms with van der Waals surface area (Å²) in [5.41, 5.74) is -0.210. The molecule has 0 radical (unpaired) electrons. The summed E-state index contributed by atoms with van der Waals surface area (Å²) in [5.74, 6) is -2.55. The summed E-state index contributed by atoms with van der Waals surface area (Å²) >= 11 is 6.07. The maximum atomic E-state index is 12.7. The van der Waals surface area contributed by atoms with Crippen molar-refractivity contribution in [3.05, 3.63) is 81.2 Å². The van der Waals surface area contributed by atoms with Crippen molar-refractivity contribution in [3.8, 4) is 11.4 Å². The fourth-order valence-corrected chi connectivity index (χ4v) is 3.11. The summed E-state index contributed by atoms with van der Waals surface area (Å²) in [6.07, 6.45) is -5.43. The molecule has 1 atom stereocenters. The van der Waals surface area contributed by atoms with E-state index in [1.54, 1.807) is 24.3 Å². The van der Waals surface area contributed by atoms with E-state index in [4.69, 9.17) is 16.7 Å². The number of carboxylic acid groups (broad SMARTS) is 1. The molecule has 0 saturated carbocycles. The van der Waals surface area contributed by atoms with Gasteiger partial charge in [0.25, 0.3) is 11.5 Å². The zero-order valence-corrected chi connectivity index (χ0v) is 16.8. The Kier molecular flexibility index (Phi) is 6.58. The normalized spacial score (nSPS) is 12.2. The van der Waals surface area contributed by atoms with E-state index >= 15 is 0 Å². The van der Waals surface area contributed by atoms with E-state index in [1.165, 1.54) is 12.1 Å². The van der Waals surface area contributed by atoms with Crippen LogP contribution in [0.1, 0.15) is 28.5 Å². The number of carbonyl (C=O) groups is 2. The molecule has 1 heterocycles. The summed E-state index contributed by atoms with van der Waals surface area (Å²) in [6.45, 7) is 0. The van der Waals surface area contributed by atoms with E-state index in [-0.39, 0.29) is 16.3 Å². The Balaban J connectivity index is 1.83. The highest BCUT2D eigenvalue weighted by molar-refractivity contribution is 6.32. The minimum atomic E-state index is -4.88. The first-order valence-electron chi connectivity index (χ1n) is 8.99. The maximum absolute atomic E-state index is 12.7. The fourth-order valence-electron chi connectivity index (χ4n) is 2.89. The molecule has 0 aliphatic heterocycles. The van der Waals surface area contributed by atoms with Gasteiger partial charge in [0, 0.05) is 6.07 Å². The first-order valence-corrected chi connectivity index (χ1v) is 9.36. The molecule has 3 aromatic rings. The highest BCUT2D eigenvalue weighted by atomic mass is 35.5. The van der Waals surface area contributed by atoms with Gasteiger partial charge in [-0.05, 0) is 29.8 Å². The number of alkyl halides is 3. The molecule has 0 aliphatic rings. The number of para-hydroxylation sites is 1. The third-order valence-corrected chi connectivity index (χ3v) is 4.58. The van der Waals surface area contributed by atoms with Crippen LogP contribution in [0.4, 0.5) is 13.2 Å². The minimum Gasteiger partial charge on any atom is -0.481 e. The Hall–Kier alpha value is -3.73. The van der Waals surface area contributed by atoms with Gasteiger partial charge in [0.1, 0.15) is 11.4 Å². The van der Waals surface area contributed by atoms with Crippen LogP contribution in [0.2, 0.25) is 5.02 Å². The zero-order chi connectivity index (χ0) is 23.5. The number of amides is 1. The van der Waals surface area contributed by atoms with Crippen LogP contribution < -0.4 is 15.6 Å². The van der Waals surface area contributed by atoms with Crippen molar-refractivity contribution in [2.75, 3.05) is 0 Å². The average molecular weight is 470 g/mol. The van der Waals surface area contributed by atoms with Crippen molar-refractivity contribution < 1.29 is 32.6 Å². The molecule has 3 rings (SSSR count). The Morgan fingerprint density at radius 2 is 1.81 bits per heavy atom. The number of aliphatic carboxylic acids is 1. The van der Waals surface area contributed by atoms with Crippen LogP contribution in [0.3, 0.4) is 0 Å². The van der Waals surface area contributed by atoms with E-state index in [0.717, 1.165) is 22.9 Å². The number of carbonyl (C=O) groups excluding carboxylic acids is 1. The molecule has 0 fully saturated rings. The Morgan fingerprint density at radius 1 is 1.16 bits per heavy atom. The third kappa shape index (κ3) is 5.70. The number of nitrogens with zero attached hydrogens (tertiary/aromatic N) is 1. The highest BCUT2D eigenvalue weighted by Gasteiger charge is 2.31. The minimum absolute atomic E-state index is 0.165. The molecule has 32 heavy (non-hydrogen) atoms. The van der Waals surface area contributed by atoms with Gasteiger partial charge >= 0.3 is 12.3 Å². The standard InChI is InChI=1S/C20H15ClF3N3O5/c21-13-3-1-2-4-16(13)27-17(28)9-15(26-27)19(31)25-14(10-18(29)30)11-5-7-12(8-6-11)32-20(22,23)24/h1-9,14,26H,10H2,(H,25,31)(H,29,30). The molecule has 8 nitrogen and oxygen atoms in total. The van der Waals surface area contributed by atoms with Gasteiger partial charge in [0.15, 0.2) is 0 Å². The molecule has 1 amide bonds. The summed E-state index contributed by atoms with van der Waals surface area (Å²) in [6, 6.07) is 10.7. The zero-order valence-electron chi connectivity index (χ0n) is 16.0. The smallest absolute Gasteiger partial charge is 0.481 e. The highest BCUT2D eigenvalue weighted by Crippen LogP contribution is 2.26. The molecule has 0 aliphatic carbocycles. The van der Waals surface area contributed by atoms with Crippen LogP contribution in [0, 0.1) is 0 Å². The van der Waals surface area contributed by atoms with Crippen molar-refractivity contribution in [3.63, 3.8) is 0 Å². The second kappa shape index (κ2) is 9.18. The van der Waals surface area contributed by atoms with Gasteiger partial charge < -0.3 is 15.2 Å². The van der Waals surface area contributed by atoms with Gasteiger partial charge in [0.05, 0.1) is 23.2 Å². The van der Waals surface area contributed by atoms with Gasteiger partial charge in [0.2, 0.25) is 0 Å². The lowest BCUT2D eigenvalue weighted by atomic mass is 10.0. The maximum Gasteiger partial charge on any atom is 0.573 e. The van der Waals surface area contributed by atoms with E-state index < -0.39 is 42.0 Å². The van der Waals surface area contributed by atoms with Crippen molar-refractivity contribution in [1.29, 1.82) is 0 Å². The molecular weight excluding hydrogens is 455 g/mol. The Morgan fingerprint density at radius 3 is 2.41 bits per heavy atom. The van der Waals surface area contributed by atoms with Crippen LogP contribution in [0.25, 0.3) is 5.69 Å². The van der Waals surface area contributed by atoms with E-state index in [1.807, 2.05) is 0 Å². The van der Waals surface area contributed by atoms with Crippen LogP contribution in [-0.2, 0) is 4.79 Å². The molecule has 0 bridgehead atoms. The Labute approximate surface area is 183 Å². The first kappa shape index (κ1) is 22.9. The largest absolute Gasteiger partial charge is 0.573 e. The lowest BCUT2D eigenvalue weighted by Crippen LogP contribution is -2.30. The monoisotopic (exact) mass is 469 g/mol. The van der Waals surface area contributed by atoms with Crippen LogP contribution >= 0.6 is 11.6 Å². The number of hydrogen-bond acceptors (Lipinski definition) is 4. The summed E-state index contributed by atoms with van der Waals surface area (Å²) < 4.78 is 41.8. The van der Waals surface area contributed by atoms with Gasteiger partial charge in [-0.15, -0.1) is 13.2 Å². The molecule has 1 aromatic heterocycles. The van der Waals surface area contributed by atoms with Gasteiger partial charge in [-0.2, -0.15) is 0 Å². The first-order chi connectivity index (χ1) is 15.0. The quantitative estimate of drug-likeness (QED) is 0.488. The molecule has 12 heteroatoms. The predicted molar refractivity (Wildman–Crippen MR) is 107 cm³/mol. The molecule has 1 unspecified atom stereocenters. The lowest BCUT2D eigenvalue weighted by molar-refractivity contribution is -0.274. The number of rotatable bonds is 7. The van der Waals surface area contributed by atoms with Crippen LogP contribution in [-0.4, -0.2) is 33.1 Å². The van der Waals surface area contributed by atoms with Crippen LogP contribution in [0.5, 0.6) is 5.75 Å². The summed E-state index contributed by atoms with van der Waals surface area (Å²) in [4.78, 5) is 36.2. The number of aromatic nitrogens is 2. The van der Waals surface area contributed by atoms with E-state index in [2.05, 4.69) is 15.2 Å².